The predicted molar refractivity (Wildman–Crippen MR) is 99.9 cm³/mol. The number of hydrogen-bond donors (Lipinski definition) is 0. The minimum Gasteiger partial charge on any atom is -0.495 e. The molecule has 0 atom stereocenters. The zero-order chi connectivity index (χ0) is 16.1. The van der Waals surface area contributed by atoms with Crippen LogP contribution in [0.4, 0.5) is 0 Å². The minimum absolute atomic E-state index is 0.934. The molecule has 3 aromatic rings. The third-order valence-electron chi connectivity index (χ3n) is 4.06. The number of aryl methyl sites for hydroxylation is 1. The first kappa shape index (κ1) is 15.4. The van der Waals surface area contributed by atoms with E-state index in [-0.39, 0.29) is 0 Å². The Kier molecular flexibility index (Phi) is 4.77. The molecular weight excluding hydrogens is 280 g/mol. The molecule has 3 rings (SSSR count). The number of fused-ring (bicyclic) bond motifs is 1. The van der Waals surface area contributed by atoms with Crippen LogP contribution in [0.15, 0.2) is 60.7 Å². The molecule has 3 aromatic carbocycles. The third kappa shape index (κ3) is 3.45. The molecule has 23 heavy (non-hydrogen) atoms. The molecule has 0 fully saturated rings. The molecule has 0 bridgehead atoms. The minimum atomic E-state index is 0.934. The van der Waals surface area contributed by atoms with E-state index in [1.165, 1.54) is 22.9 Å². The Bertz CT molecular complexity index is 830. The van der Waals surface area contributed by atoms with Crippen LogP contribution in [0.5, 0.6) is 5.75 Å². The molecule has 0 amide bonds. The number of benzene rings is 3. The average molecular weight is 302 g/mol. The van der Waals surface area contributed by atoms with Crippen molar-refractivity contribution in [2.75, 3.05) is 7.11 Å². The quantitative estimate of drug-likeness (QED) is 0.527. The van der Waals surface area contributed by atoms with Crippen LogP contribution in [-0.4, -0.2) is 7.11 Å². The highest BCUT2D eigenvalue weighted by Crippen LogP contribution is 2.30. The van der Waals surface area contributed by atoms with Crippen molar-refractivity contribution >= 4 is 22.9 Å². The smallest absolute Gasteiger partial charge is 0.133 e. The highest BCUT2D eigenvalue weighted by molar-refractivity contribution is 5.93. The molecule has 0 aromatic heterocycles. The first-order chi connectivity index (χ1) is 11.3. The van der Waals surface area contributed by atoms with Crippen molar-refractivity contribution in [3.8, 4) is 5.75 Å². The Morgan fingerprint density at radius 1 is 0.913 bits per heavy atom. The van der Waals surface area contributed by atoms with Crippen LogP contribution in [0, 0.1) is 0 Å². The number of hydrogen-bond acceptors (Lipinski definition) is 1. The molecule has 0 heterocycles. The van der Waals surface area contributed by atoms with Gasteiger partial charge in [-0.25, -0.2) is 0 Å². The Labute approximate surface area is 138 Å². The van der Waals surface area contributed by atoms with E-state index in [9.17, 15) is 0 Å². The molecule has 0 spiro atoms. The lowest BCUT2D eigenvalue weighted by Gasteiger charge is -2.09. The maximum absolute atomic E-state index is 5.66. The van der Waals surface area contributed by atoms with Crippen LogP contribution in [0.3, 0.4) is 0 Å². The maximum atomic E-state index is 5.66. The molecule has 0 aliphatic heterocycles. The fraction of sp³-hybridized carbons (Fsp3) is 0.182. The first-order valence-corrected chi connectivity index (χ1v) is 8.14. The molecule has 0 saturated heterocycles. The van der Waals surface area contributed by atoms with Gasteiger partial charge in [-0.1, -0.05) is 86.2 Å². The largest absolute Gasteiger partial charge is 0.495 e. The summed E-state index contributed by atoms with van der Waals surface area (Å²) in [6.07, 6.45) is 6.59. The van der Waals surface area contributed by atoms with E-state index >= 15 is 0 Å². The molecule has 0 unspecified atom stereocenters. The summed E-state index contributed by atoms with van der Waals surface area (Å²) in [5.41, 5.74) is 3.72. The van der Waals surface area contributed by atoms with E-state index in [1.807, 2.05) is 6.07 Å². The molecule has 116 valence electrons. The van der Waals surface area contributed by atoms with E-state index < -0.39 is 0 Å². The SMILES string of the molecule is CCCc1cccc(/C=C\c2ccc3ccccc3c2OC)c1. The topological polar surface area (TPSA) is 9.23 Å². The fourth-order valence-electron chi connectivity index (χ4n) is 2.95. The van der Waals surface area contributed by atoms with E-state index in [2.05, 4.69) is 73.7 Å². The van der Waals surface area contributed by atoms with Gasteiger partial charge in [-0.2, -0.15) is 0 Å². The highest BCUT2D eigenvalue weighted by Gasteiger charge is 2.05. The van der Waals surface area contributed by atoms with Gasteiger partial charge in [0.25, 0.3) is 0 Å². The molecule has 0 aliphatic rings. The van der Waals surface area contributed by atoms with Crippen LogP contribution >= 0.6 is 0 Å². The Balaban J connectivity index is 1.96. The van der Waals surface area contributed by atoms with Gasteiger partial charge < -0.3 is 4.74 Å². The Morgan fingerprint density at radius 2 is 1.78 bits per heavy atom. The molecule has 1 nitrogen and oxygen atoms in total. The monoisotopic (exact) mass is 302 g/mol. The van der Waals surface area contributed by atoms with Crippen molar-refractivity contribution < 1.29 is 4.74 Å². The van der Waals surface area contributed by atoms with Crippen LogP contribution in [0.25, 0.3) is 22.9 Å². The fourth-order valence-corrected chi connectivity index (χ4v) is 2.95. The van der Waals surface area contributed by atoms with Crippen LogP contribution in [0.2, 0.25) is 0 Å². The summed E-state index contributed by atoms with van der Waals surface area (Å²) in [5, 5.41) is 2.35. The van der Waals surface area contributed by atoms with Gasteiger partial charge in [0.2, 0.25) is 0 Å². The molecule has 0 N–H and O–H groups in total. The molecule has 1 heteroatoms. The standard InChI is InChI=1S/C22H22O/c1-3-7-17-8-6-9-18(16-17)12-13-20-15-14-19-10-4-5-11-21(19)22(20)23-2/h4-6,8-16H,3,7H2,1-2H3/b13-12-. The zero-order valence-electron chi connectivity index (χ0n) is 13.8. The van der Waals surface area contributed by atoms with Gasteiger partial charge in [-0.15, -0.1) is 0 Å². The summed E-state index contributed by atoms with van der Waals surface area (Å²) in [4.78, 5) is 0. The van der Waals surface area contributed by atoms with Crippen molar-refractivity contribution in [1.82, 2.24) is 0 Å². The van der Waals surface area contributed by atoms with Crippen LogP contribution in [0.1, 0.15) is 30.0 Å². The lowest BCUT2D eigenvalue weighted by Crippen LogP contribution is -1.89. The Hall–Kier alpha value is -2.54. The lowest BCUT2D eigenvalue weighted by molar-refractivity contribution is 0.419. The third-order valence-corrected chi connectivity index (χ3v) is 4.06. The van der Waals surface area contributed by atoms with E-state index in [0.717, 1.165) is 23.1 Å². The Morgan fingerprint density at radius 3 is 2.61 bits per heavy atom. The lowest BCUT2D eigenvalue weighted by atomic mass is 10.0. The maximum Gasteiger partial charge on any atom is 0.133 e. The normalized spacial score (nSPS) is 11.2. The number of methoxy groups -OCH3 is 1. The molecule has 0 aliphatic carbocycles. The predicted octanol–water partition coefficient (Wildman–Crippen LogP) is 5.97. The van der Waals surface area contributed by atoms with Gasteiger partial charge in [0, 0.05) is 10.9 Å². The average Bonchev–Trinajstić information content (AvgIpc) is 2.60. The first-order valence-electron chi connectivity index (χ1n) is 8.14. The summed E-state index contributed by atoms with van der Waals surface area (Å²) in [6.45, 7) is 2.21. The van der Waals surface area contributed by atoms with Gasteiger partial charge in [0.15, 0.2) is 0 Å². The number of ether oxygens (including phenoxy) is 1. The van der Waals surface area contributed by atoms with Crippen molar-refractivity contribution in [1.29, 1.82) is 0 Å². The van der Waals surface area contributed by atoms with Crippen LogP contribution < -0.4 is 4.74 Å². The summed E-state index contributed by atoms with van der Waals surface area (Å²) in [7, 11) is 1.74. The van der Waals surface area contributed by atoms with Crippen molar-refractivity contribution in [2.45, 2.75) is 19.8 Å². The highest BCUT2D eigenvalue weighted by atomic mass is 16.5. The van der Waals surface area contributed by atoms with E-state index in [1.54, 1.807) is 7.11 Å². The summed E-state index contributed by atoms with van der Waals surface area (Å²) >= 11 is 0. The van der Waals surface area contributed by atoms with Gasteiger partial charge in [0.05, 0.1) is 7.11 Å². The summed E-state index contributed by atoms with van der Waals surface area (Å²) < 4.78 is 5.66. The van der Waals surface area contributed by atoms with Crippen molar-refractivity contribution in [3.05, 3.63) is 77.4 Å². The van der Waals surface area contributed by atoms with Gasteiger partial charge in [-0.05, 0) is 22.9 Å². The summed E-state index contributed by atoms with van der Waals surface area (Å²) in [5.74, 6) is 0.934. The second-order valence-corrected chi connectivity index (χ2v) is 5.74. The molecule has 0 radical (unpaired) electrons. The second-order valence-electron chi connectivity index (χ2n) is 5.74. The van der Waals surface area contributed by atoms with Crippen molar-refractivity contribution in [3.63, 3.8) is 0 Å². The number of rotatable bonds is 5. The van der Waals surface area contributed by atoms with Gasteiger partial charge in [0.1, 0.15) is 5.75 Å². The van der Waals surface area contributed by atoms with Crippen molar-refractivity contribution in [2.24, 2.45) is 0 Å². The second kappa shape index (κ2) is 7.15. The summed E-state index contributed by atoms with van der Waals surface area (Å²) in [6, 6.07) is 21.3. The molecular formula is C22H22O. The van der Waals surface area contributed by atoms with Crippen LogP contribution in [-0.2, 0) is 6.42 Å². The van der Waals surface area contributed by atoms with E-state index in [0.29, 0.717) is 0 Å². The molecule has 0 saturated carbocycles. The van der Waals surface area contributed by atoms with Gasteiger partial charge in [-0.3, -0.25) is 0 Å². The van der Waals surface area contributed by atoms with E-state index in [4.69, 9.17) is 4.74 Å². The zero-order valence-corrected chi connectivity index (χ0v) is 13.8. The van der Waals surface area contributed by atoms with Gasteiger partial charge >= 0.3 is 0 Å².